The monoisotopic (exact) mass is 241 g/mol. The molecule has 0 aliphatic carbocycles. The molecule has 5 heteroatoms. The van der Waals surface area contributed by atoms with Crippen LogP contribution >= 0.6 is 0 Å². The second-order valence-corrected chi connectivity index (χ2v) is 4.04. The van der Waals surface area contributed by atoms with E-state index in [9.17, 15) is 13.6 Å². The predicted molar refractivity (Wildman–Crippen MR) is 57.3 cm³/mol. The first-order valence-electron chi connectivity index (χ1n) is 5.40. The summed E-state index contributed by atoms with van der Waals surface area (Å²) in [5.41, 5.74) is 0.261. The Bertz CT molecular complexity index is 437. The van der Waals surface area contributed by atoms with Crippen molar-refractivity contribution in [3.05, 3.63) is 35.4 Å². The highest BCUT2D eigenvalue weighted by Gasteiger charge is 2.31. The van der Waals surface area contributed by atoms with E-state index in [0.29, 0.717) is 12.8 Å². The van der Waals surface area contributed by atoms with Crippen LogP contribution in [0.15, 0.2) is 18.2 Å². The molecular weight excluding hydrogens is 228 g/mol. The quantitative estimate of drug-likeness (QED) is 0.804. The number of nitrogens with one attached hydrogen (secondary N) is 1. The van der Waals surface area contributed by atoms with Crippen LogP contribution in [-0.4, -0.2) is 19.1 Å². The van der Waals surface area contributed by atoms with Crippen molar-refractivity contribution in [2.75, 3.05) is 7.11 Å². The average Bonchev–Trinajstić information content (AvgIpc) is 2.80. The van der Waals surface area contributed by atoms with Crippen molar-refractivity contribution < 1.29 is 18.3 Å². The maximum atomic E-state index is 13.5. The molecule has 0 unspecified atom stereocenters. The van der Waals surface area contributed by atoms with Crippen LogP contribution in [0.25, 0.3) is 0 Å². The molecule has 2 atom stereocenters. The fraction of sp³-hybridized carbons (Fsp3) is 0.417. The molecule has 0 amide bonds. The highest BCUT2D eigenvalue weighted by Crippen LogP contribution is 2.29. The van der Waals surface area contributed by atoms with Crippen LogP contribution in [0.2, 0.25) is 0 Å². The number of hydrogen-bond acceptors (Lipinski definition) is 3. The maximum Gasteiger partial charge on any atom is 0.322 e. The van der Waals surface area contributed by atoms with E-state index in [4.69, 9.17) is 0 Å². The zero-order chi connectivity index (χ0) is 12.4. The van der Waals surface area contributed by atoms with Crippen LogP contribution in [-0.2, 0) is 9.53 Å². The standard InChI is InChI=1S/C12H13F2NO2/c1-17-12(16)11-5-4-10(15-11)8-6-7(13)2-3-9(8)14/h2-3,6,10-11,15H,4-5H2,1H3/t10-,11+/m1/s1. The Balaban J connectivity index is 2.15. The van der Waals surface area contributed by atoms with Crippen molar-refractivity contribution in [3.63, 3.8) is 0 Å². The van der Waals surface area contributed by atoms with Gasteiger partial charge in [0.2, 0.25) is 0 Å². The maximum absolute atomic E-state index is 13.5. The molecule has 1 aliphatic heterocycles. The van der Waals surface area contributed by atoms with Gasteiger partial charge in [-0.3, -0.25) is 10.1 Å². The van der Waals surface area contributed by atoms with Crippen molar-refractivity contribution in [3.8, 4) is 0 Å². The van der Waals surface area contributed by atoms with Crippen LogP contribution in [0.3, 0.4) is 0 Å². The lowest BCUT2D eigenvalue weighted by Crippen LogP contribution is -2.33. The molecule has 0 bridgehead atoms. The Morgan fingerprint density at radius 3 is 2.88 bits per heavy atom. The van der Waals surface area contributed by atoms with E-state index in [0.717, 1.165) is 18.2 Å². The van der Waals surface area contributed by atoms with Crippen molar-refractivity contribution in [2.45, 2.75) is 24.9 Å². The minimum Gasteiger partial charge on any atom is -0.468 e. The third kappa shape index (κ3) is 2.44. The molecule has 1 heterocycles. The van der Waals surface area contributed by atoms with E-state index >= 15 is 0 Å². The number of rotatable bonds is 2. The Morgan fingerprint density at radius 2 is 2.18 bits per heavy atom. The summed E-state index contributed by atoms with van der Waals surface area (Å²) in [5.74, 6) is -1.32. The van der Waals surface area contributed by atoms with Crippen LogP contribution in [0, 0.1) is 11.6 Å². The fourth-order valence-electron chi connectivity index (χ4n) is 2.10. The lowest BCUT2D eigenvalue weighted by molar-refractivity contribution is -0.142. The van der Waals surface area contributed by atoms with Gasteiger partial charge in [-0.2, -0.15) is 0 Å². The normalized spacial score (nSPS) is 23.7. The molecular formula is C12H13F2NO2. The van der Waals surface area contributed by atoms with Gasteiger partial charge in [0.05, 0.1) is 7.11 Å². The molecule has 1 N–H and O–H groups in total. The van der Waals surface area contributed by atoms with Crippen molar-refractivity contribution in [2.24, 2.45) is 0 Å². The van der Waals surface area contributed by atoms with Gasteiger partial charge >= 0.3 is 5.97 Å². The Kier molecular flexibility index (Phi) is 3.38. The minimum atomic E-state index is -0.482. The average molecular weight is 241 g/mol. The van der Waals surface area contributed by atoms with Crippen LogP contribution in [0.4, 0.5) is 8.78 Å². The third-order valence-corrected chi connectivity index (χ3v) is 2.97. The van der Waals surface area contributed by atoms with E-state index in [1.165, 1.54) is 7.11 Å². The summed E-state index contributed by atoms with van der Waals surface area (Å²) < 4.78 is 31.1. The van der Waals surface area contributed by atoms with E-state index < -0.39 is 17.7 Å². The largest absolute Gasteiger partial charge is 0.468 e. The number of methoxy groups -OCH3 is 1. The summed E-state index contributed by atoms with van der Waals surface area (Å²) in [6.45, 7) is 0. The van der Waals surface area contributed by atoms with Gasteiger partial charge in [0.15, 0.2) is 0 Å². The van der Waals surface area contributed by atoms with E-state index in [1.54, 1.807) is 0 Å². The fourth-order valence-corrected chi connectivity index (χ4v) is 2.10. The molecule has 0 saturated carbocycles. The van der Waals surface area contributed by atoms with Gasteiger partial charge in [0.25, 0.3) is 0 Å². The molecule has 3 nitrogen and oxygen atoms in total. The first kappa shape index (κ1) is 12.0. The molecule has 2 rings (SSSR count). The van der Waals surface area contributed by atoms with E-state index in [1.807, 2.05) is 0 Å². The third-order valence-electron chi connectivity index (χ3n) is 2.97. The summed E-state index contributed by atoms with van der Waals surface area (Å²) in [6.07, 6.45) is 1.15. The summed E-state index contributed by atoms with van der Waals surface area (Å²) in [7, 11) is 1.31. The number of carbonyl (C=O) groups is 1. The number of benzene rings is 1. The van der Waals surface area contributed by atoms with E-state index in [-0.39, 0.29) is 17.6 Å². The zero-order valence-corrected chi connectivity index (χ0v) is 9.37. The van der Waals surface area contributed by atoms with E-state index in [2.05, 4.69) is 10.1 Å². The number of ether oxygens (including phenoxy) is 1. The molecule has 92 valence electrons. The van der Waals surface area contributed by atoms with Gasteiger partial charge < -0.3 is 4.74 Å². The highest BCUT2D eigenvalue weighted by molar-refractivity contribution is 5.76. The van der Waals surface area contributed by atoms with Crippen molar-refractivity contribution >= 4 is 5.97 Å². The molecule has 0 aromatic heterocycles. The molecule has 1 saturated heterocycles. The number of carbonyl (C=O) groups excluding carboxylic acids is 1. The lowest BCUT2D eigenvalue weighted by atomic mass is 10.0. The second kappa shape index (κ2) is 4.79. The molecule has 1 aliphatic rings. The van der Waals surface area contributed by atoms with Gasteiger partial charge in [0, 0.05) is 11.6 Å². The Labute approximate surface area is 97.8 Å². The molecule has 1 fully saturated rings. The smallest absolute Gasteiger partial charge is 0.322 e. The lowest BCUT2D eigenvalue weighted by Gasteiger charge is -2.14. The molecule has 17 heavy (non-hydrogen) atoms. The van der Waals surface area contributed by atoms with Gasteiger partial charge in [-0.1, -0.05) is 0 Å². The van der Waals surface area contributed by atoms with Gasteiger partial charge in [0.1, 0.15) is 17.7 Å². The number of halogens is 2. The molecule has 0 spiro atoms. The van der Waals surface area contributed by atoms with Gasteiger partial charge in [-0.25, -0.2) is 8.78 Å². The summed E-state index contributed by atoms with van der Waals surface area (Å²) in [4.78, 5) is 11.3. The SMILES string of the molecule is COC(=O)[C@@H]1CC[C@H](c2cc(F)ccc2F)N1. The van der Waals surface area contributed by atoms with Crippen molar-refractivity contribution in [1.82, 2.24) is 5.32 Å². The highest BCUT2D eigenvalue weighted by atomic mass is 19.1. The van der Waals surface area contributed by atoms with Crippen LogP contribution in [0.1, 0.15) is 24.4 Å². The Hall–Kier alpha value is -1.49. The number of hydrogen-bond donors (Lipinski definition) is 1. The first-order chi connectivity index (χ1) is 8.11. The summed E-state index contributed by atoms with van der Waals surface area (Å²) in [6, 6.07) is 2.55. The van der Waals surface area contributed by atoms with Gasteiger partial charge in [-0.15, -0.1) is 0 Å². The van der Waals surface area contributed by atoms with Crippen LogP contribution in [0.5, 0.6) is 0 Å². The van der Waals surface area contributed by atoms with Crippen LogP contribution < -0.4 is 5.32 Å². The Morgan fingerprint density at radius 1 is 1.41 bits per heavy atom. The second-order valence-electron chi connectivity index (χ2n) is 4.04. The number of esters is 1. The minimum absolute atomic E-state index is 0.261. The van der Waals surface area contributed by atoms with Gasteiger partial charge in [-0.05, 0) is 31.0 Å². The summed E-state index contributed by atoms with van der Waals surface area (Å²) >= 11 is 0. The predicted octanol–water partition coefficient (Wildman–Crippen LogP) is 1.93. The molecule has 1 aromatic rings. The first-order valence-corrected chi connectivity index (χ1v) is 5.40. The topological polar surface area (TPSA) is 38.3 Å². The zero-order valence-electron chi connectivity index (χ0n) is 9.37. The molecule has 0 radical (unpaired) electrons. The summed E-state index contributed by atoms with van der Waals surface area (Å²) in [5, 5.41) is 2.94. The molecule has 1 aromatic carbocycles. The van der Waals surface area contributed by atoms with Crippen molar-refractivity contribution in [1.29, 1.82) is 0 Å².